The molecule has 0 aromatic heterocycles. The Bertz CT molecular complexity index is 1310. The van der Waals surface area contributed by atoms with Gasteiger partial charge in [-0.25, -0.2) is 13.2 Å². The fourth-order valence-corrected chi connectivity index (χ4v) is 5.83. The third-order valence-electron chi connectivity index (χ3n) is 5.13. The first kappa shape index (κ1) is 26.4. The van der Waals surface area contributed by atoms with Gasteiger partial charge in [0.05, 0.1) is 17.1 Å². The molecule has 3 aromatic rings. The Labute approximate surface area is 217 Å². The van der Waals surface area contributed by atoms with Gasteiger partial charge in [-0.3, -0.25) is 0 Å². The predicted molar refractivity (Wildman–Crippen MR) is 139 cm³/mol. The number of carbonyl (C=O) groups is 1. The molecule has 0 radical (unpaired) electrons. The number of aryl methyl sites for hydroxylation is 2. The Morgan fingerprint density at radius 2 is 1.68 bits per heavy atom. The van der Waals surface area contributed by atoms with Crippen LogP contribution in [-0.2, 0) is 21.3 Å². The Balaban J connectivity index is 1.91. The molecule has 0 amide bonds. The van der Waals surface area contributed by atoms with E-state index in [1.54, 1.807) is 13.8 Å². The molecular weight excluding hydrogens is 586 g/mol. The zero-order chi connectivity index (χ0) is 25.0. The third kappa shape index (κ3) is 6.07. The van der Waals surface area contributed by atoms with Gasteiger partial charge in [-0.2, -0.15) is 4.31 Å². The Morgan fingerprint density at radius 3 is 2.32 bits per heavy atom. The highest BCUT2D eigenvalue weighted by molar-refractivity contribution is 9.10. The molecular formula is C25H25Br2NO5S. The minimum atomic E-state index is -3.88. The van der Waals surface area contributed by atoms with Gasteiger partial charge in [-0.15, -0.1) is 0 Å². The van der Waals surface area contributed by atoms with Crippen LogP contribution in [0.4, 0.5) is 0 Å². The number of halogens is 2. The van der Waals surface area contributed by atoms with Crippen LogP contribution in [0.25, 0.3) is 0 Å². The van der Waals surface area contributed by atoms with Crippen LogP contribution in [0, 0.1) is 13.8 Å². The van der Waals surface area contributed by atoms with Crippen LogP contribution in [0.15, 0.2) is 68.4 Å². The Kier molecular flexibility index (Phi) is 8.57. The fraction of sp³-hybridized carbons (Fsp3) is 0.240. The Morgan fingerprint density at radius 1 is 1.00 bits per heavy atom. The van der Waals surface area contributed by atoms with Gasteiger partial charge in [0, 0.05) is 28.1 Å². The molecule has 0 spiro atoms. The number of ether oxygens (including phenoxy) is 2. The van der Waals surface area contributed by atoms with E-state index in [2.05, 4.69) is 31.9 Å². The SMILES string of the molecule is CCOC(=O)c1cc(Br)c(S(=O)(=O)N(C)Cc2ccc(Br)cc2Oc2ccc(C)cc2)cc1C. The lowest BCUT2D eigenvalue weighted by Crippen LogP contribution is -2.27. The lowest BCUT2D eigenvalue weighted by atomic mass is 10.1. The fourth-order valence-electron chi connectivity index (χ4n) is 3.26. The number of esters is 1. The molecule has 9 heteroatoms. The summed E-state index contributed by atoms with van der Waals surface area (Å²) in [6.45, 7) is 5.71. The van der Waals surface area contributed by atoms with E-state index in [-0.39, 0.29) is 18.0 Å². The van der Waals surface area contributed by atoms with Crippen LogP contribution >= 0.6 is 31.9 Å². The summed E-state index contributed by atoms with van der Waals surface area (Å²) in [5.41, 5.74) is 2.64. The predicted octanol–water partition coefficient (Wildman–Crippen LogP) is 6.62. The van der Waals surface area contributed by atoms with E-state index < -0.39 is 16.0 Å². The maximum absolute atomic E-state index is 13.4. The summed E-state index contributed by atoms with van der Waals surface area (Å²) in [7, 11) is -2.38. The van der Waals surface area contributed by atoms with Gasteiger partial charge in [-0.05, 0) is 78.7 Å². The number of carbonyl (C=O) groups excluding carboxylic acids is 1. The standard InChI is InChI=1S/C25H25Br2NO5S/c1-5-32-25(29)21-14-22(27)24(12-17(21)3)34(30,31)28(4)15-18-8-9-19(26)13-23(18)33-20-10-6-16(2)7-11-20/h6-14H,5,15H2,1-4H3. The first-order chi connectivity index (χ1) is 16.0. The van der Waals surface area contributed by atoms with Crippen LogP contribution in [0.3, 0.4) is 0 Å². The van der Waals surface area contributed by atoms with Crippen molar-refractivity contribution in [2.24, 2.45) is 0 Å². The number of rotatable bonds is 8. The van der Waals surface area contributed by atoms with Crippen molar-refractivity contribution in [3.05, 3.63) is 85.8 Å². The van der Waals surface area contributed by atoms with Gasteiger partial charge in [0.25, 0.3) is 0 Å². The molecule has 6 nitrogen and oxygen atoms in total. The smallest absolute Gasteiger partial charge is 0.338 e. The van der Waals surface area contributed by atoms with Crippen molar-refractivity contribution in [1.82, 2.24) is 4.31 Å². The van der Waals surface area contributed by atoms with Gasteiger partial charge in [0.2, 0.25) is 10.0 Å². The zero-order valence-electron chi connectivity index (χ0n) is 19.3. The summed E-state index contributed by atoms with van der Waals surface area (Å²) in [6.07, 6.45) is 0. The number of benzene rings is 3. The van der Waals surface area contributed by atoms with Crippen molar-refractivity contribution in [2.75, 3.05) is 13.7 Å². The average Bonchev–Trinajstić information content (AvgIpc) is 2.78. The summed E-state index contributed by atoms with van der Waals surface area (Å²) in [6, 6.07) is 16.1. The highest BCUT2D eigenvalue weighted by atomic mass is 79.9. The maximum atomic E-state index is 13.4. The molecule has 0 unspecified atom stereocenters. The quantitative estimate of drug-likeness (QED) is 0.268. The van der Waals surface area contributed by atoms with Crippen molar-refractivity contribution in [1.29, 1.82) is 0 Å². The highest BCUT2D eigenvalue weighted by Gasteiger charge is 2.27. The van der Waals surface area contributed by atoms with Gasteiger partial charge in [0.1, 0.15) is 11.5 Å². The van der Waals surface area contributed by atoms with E-state index in [1.807, 2.05) is 49.4 Å². The number of hydrogen-bond acceptors (Lipinski definition) is 5. The molecule has 180 valence electrons. The molecule has 0 aliphatic heterocycles. The maximum Gasteiger partial charge on any atom is 0.338 e. The molecule has 3 rings (SSSR count). The summed E-state index contributed by atoms with van der Waals surface area (Å²) in [5.74, 6) is 0.710. The van der Waals surface area contributed by atoms with Crippen molar-refractivity contribution in [2.45, 2.75) is 32.2 Å². The molecule has 0 aliphatic carbocycles. The van der Waals surface area contributed by atoms with Crippen LogP contribution in [-0.4, -0.2) is 32.3 Å². The Hall–Kier alpha value is -2.20. The summed E-state index contributed by atoms with van der Waals surface area (Å²) in [5, 5.41) is 0. The minimum absolute atomic E-state index is 0.0682. The second-order valence-electron chi connectivity index (χ2n) is 7.75. The molecule has 34 heavy (non-hydrogen) atoms. The molecule has 0 N–H and O–H groups in total. The van der Waals surface area contributed by atoms with Crippen molar-refractivity contribution < 1.29 is 22.7 Å². The van der Waals surface area contributed by atoms with Crippen molar-refractivity contribution >= 4 is 47.9 Å². The lowest BCUT2D eigenvalue weighted by molar-refractivity contribution is 0.0525. The van der Waals surface area contributed by atoms with Gasteiger partial charge in [-0.1, -0.05) is 39.7 Å². The first-order valence-corrected chi connectivity index (χ1v) is 13.5. The molecule has 0 atom stereocenters. The third-order valence-corrected chi connectivity index (χ3v) is 8.39. The monoisotopic (exact) mass is 609 g/mol. The van der Waals surface area contributed by atoms with E-state index in [4.69, 9.17) is 9.47 Å². The van der Waals surface area contributed by atoms with Gasteiger partial charge >= 0.3 is 5.97 Å². The second-order valence-corrected chi connectivity index (χ2v) is 11.5. The molecule has 0 aliphatic rings. The summed E-state index contributed by atoms with van der Waals surface area (Å²) in [4.78, 5) is 12.2. The van der Waals surface area contributed by atoms with Crippen LogP contribution in [0.1, 0.15) is 34.0 Å². The molecule has 0 heterocycles. The van der Waals surface area contributed by atoms with E-state index in [1.165, 1.54) is 23.5 Å². The second kappa shape index (κ2) is 11.0. The van der Waals surface area contributed by atoms with Crippen LogP contribution in [0.2, 0.25) is 0 Å². The molecule has 3 aromatic carbocycles. The van der Waals surface area contributed by atoms with Gasteiger partial charge in [0.15, 0.2) is 0 Å². The van der Waals surface area contributed by atoms with Crippen molar-refractivity contribution in [3.8, 4) is 11.5 Å². The summed E-state index contributed by atoms with van der Waals surface area (Å²) < 4.78 is 40.3. The molecule has 0 bridgehead atoms. The van der Waals surface area contributed by atoms with Crippen molar-refractivity contribution in [3.63, 3.8) is 0 Å². The molecule has 0 fully saturated rings. The van der Waals surface area contributed by atoms with E-state index in [9.17, 15) is 13.2 Å². The summed E-state index contributed by atoms with van der Waals surface area (Å²) >= 11 is 6.77. The number of nitrogens with zero attached hydrogens (tertiary/aromatic N) is 1. The average molecular weight is 611 g/mol. The van der Waals surface area contributed by atoms with E-state index in [0.717, 1.165) is 10.0 Å². The zero-order valence-corrected chi connectivity index (χ0v) is 23.3. The van der Waals surface area contributed by atoms with Crippen LogP contribution < -0.4 is 4.74 Å². The van der Waals surface area contributed by atoms with Gasteiger partial charge < -0.3 is 9.47 Å². The minimum Gasteiger partial charge on any atom is -0.462 e. The molecule has 0 saturated carbocycles. The first-order valence-electron chi connectivity index (χ1n) is 10.5. The topological polar surface area (TPSA) is 72.9 Å². The van der Waals surface area contributed by atoms with E-state index >= 15 is 0 Å². The highest BCUT2D eigenvalue weighted by Crippen LogP contribution is 2.33. The number of sulfonamides is 1. The van der Waals surface area contributed by atoms with E-state index in [0.29, 0.717) is 32.7 Å². The largest absolute Gasteiger partial charge is 0.462 e. The number of hydrogen-bond donors (Lipinski definition) is 0. The molecule has 0 saturated heterocycles. The normalized spacial score (nSPS) is 11.5. The lowest BCUT2D eigenvalue weighted by Gasteiger charge is -2.21. The van der Waals surface area contributed by atoms with Crippen LogP contribution in [0.5, 0.6) is 11.5 Å².